The molecule has 0 radical (unpaired) electrons. The summed E-state index contributed by atoms with van der Waals surface area (Å²) in [6.07, 6.45) is 1.28. The Balaban J connectivity index is 3.05. The van der Waals surface area contributed by atoms with Gasteiger partial charge in [-0.15, -0.1) is 0 Å². The molecule has 5 heteroatoms. The highest BCUT2D eigenvalue weighted by molar-refractivity contribution is 5.42. The van der Waals surface area contributed by atoms with Crippen molar-refractivity contribution in [1.29, 1.82) is 0 Å². The molecule has 0 aromatic heterocycles. The molecule has 0 aliphatic rings. The molecular weight excluding hydrogens is 177 g/mol. The quantitative estimate of drug-likeness (QED) is 0.409. The smallest absolute Gasteiger partial charge is 0.235 e. The zero-order chi connectivity index (χ0) is 9.84. The number of aromatic hydroxyl groups is 2. The summed E-state index contributed by atoms with van der Waals surface area (Å²) in [5.41, 5.74) is 0.288. The Hall–Kier alpha value is -1.87. The van der Waals surface area contributed by atoms with Crippen molar-refractivity contribution >= 4 is 6.08 Å². The highest BCUT2D eigenvalue weighted by atomic mass is 19.1. The van der Waals surface area contributed by atoms with E-state index in [1.165, 1.54) is 6.08 Å². The molecule has 0 spiro atoms. The molecule has 0 aliphatic carbocycles. The topological polar surface area (TPSA) is 69.9 Å². The molecule has 4 nitrogen and oxygen atoms in total. The molecular formula is C8H6FNO3. The second kappa shape index (κ2) is 3.69. The van der Waals surface area contributed by atoms with Gasteiger partial charge in [-0.05, 0) is 17.7 Å². The highest BCUT2D eigenvalue weighted by Gasteiger charge is 2.07. The number of aliphatic imine (C=N–C) groups is 1. The second-order valence-electron chi connectivity index (χ2n) is 2.35. The van der Waals surface area contributed by atoms with E-state index >= 15 is 0 Å². The average Bonchev–Trinajstić information content (AvgIpc) is 2.10. The number of benzene rings is 1. The Labute approximate surface area is 73.0 Å². The monoisotopic (exact) mass is 183 g/mol. The van der Waals surface area contributed by atoms with E-state index in [0.29, 0.717) is 0 Å². The molecule has 1 rings (SSSR count). The van der Waals surface area contributed by atoms with Crippen molar-refractivity contribution in [3.05, 3.63) is 23.5 Å². The third-order valence-electron chi connectivity index (χ3n) is 1.43. The van der Waals surface area contributed by atoms with E-state index in [4.69, 9.17) is 10.2 Å². The van der Waals surface area contributed by atoms with Gasteiger partial charge >= 0.3 is 0 Å². The number of rotatable bonds is 2. The van der Waals surface area contributed by atoms with Gasteiger partial charge in [-0.2, -0.15) is 0 Å². The summed E-state index contributed by atoms with van der Waals surface area (Å²) >= 11 is 0. The number of nitrogens with zero attached hydrogens (tertiary/aromatic N) is 1. The number of phenolic OH excluding ortho intramolecular Hbond substituents is 2. The van der Waals surface area contributed by atoms with Crippen LogP contribution in [0.3, 0.4) is 0 Å². The standard InChI is InChI=1S/C8H6FNO3/c9-6-1-5(3-10-4-11)2-7(12)8(6)13/h1-2,12-13H,3H2. The summed E-state index contributed by atoms with van der Waals surface area (Å²) < 4.78 is 12.7. The van der Waals surface area contributed by atoms with Crippen LogP contribution in [0.1, 0.15) is 5.56 Å². The normalized spacial score (nSPS) is 9.31. The Morgan fingerprint density at radius 2 is 2.15 bits per heavy atom. The predicted octanol–water partition coefficient (Wildman–Crippen LogP) is 1.07. The molecule has 1 aromatic carbocycles. The van der Waals surface area contributed by atoms with Crippen LogP contribution in [-0.2, 0) is 11.3 Å². The van der Waals surface area contributed by atoms with E-state index in [-0.39, 0.29) is 12.1 Å². The second-order valence-corrected chi connectivity index (χ2v) is 2.35. The number of halogens is 1. The summed E-state index contributed by atoms with van der Waals surface area (Å²) in [4.78, 5) is 12.9. The lowest BCUT2D eigenvalue weighted by molar-refractivity contribution is 0.378. The molecule has 1 aromatic rings. The molecule has 0 bridgehead atoms. The molecule has 0 amide bonds. The van der Waals surface area contributed by atoms with Gasteiger partial charge in [0.05, 0.1) is 6.54 Å². The molecule has 13 heavy (non-hydrogen) atoms. The summed E-state index contributed by atoms with van der Waals surface area (Å²) in [7, 11) is 0. The number of isocyanates is 1. The lowest BCUT2D eigenvalue weighted by atomic mass is 10.2. The van der Waals surface area contributed by atoms with Crippen LogP contribution in [0.2, 0.25) is 0 Å². The molecule has 0 saturated heterocycles. The van der Waals surface area contributed by atoms with Crippen LogP contribution in [0.4, 0.5) is 4.39 Å². The van der Waals surface area contributed by atoms with Gasteiger partial charge in [0, 0.05) is 0 Å². The van der Waals surface area contributed by atoms with Gasteiger partial charge < -0.3 is 10.2 Å². The molecule has 0 fully saturated rings. The molecule has 0 heterocycles. The highest BCUT2D eigenvalue weighted by Crippen LogP contribution is 2.28. The third-order valence-corrected chi connectivity index (χ3v) is 1.43. The van der Waals surface area contributed by atoms with Crippen molar-refractivity contribution in [1.82, 2.24) is 0 Å². The SMILES string of the molecule is O=C=NCc1cc(O)c(O)c(F)c1. The lowest BCUT2D eigenvalue weighted by Crippen LogP contribution is -1.85. The van der Waals surface area contributed by atoms with Gasteiger partial charge in [0.1, 0.15) is 0 Å². The Bertz CT molecular complexity index is 349. The molecule has 0 unspecified atom stereocenters. The fourth-order valence-corrected chi connectivity index (χ4v) is 0.854. The van der Waals surface area contributed by atoms with Crippen LogP contribution in [-0.4, -0.2) is 16.3 Å². The van der Waals surface area contributed by atoms with E-state index in [0.717, 1.165) is 12.1 Å². The van der Waals surface area contributed by atoms with E-state index in [1.807, 2.05) is 0 Å². The van der Waals surface area contributed by atoms with Crippen molar-refractivity contribution in [3.8, 4) is 11.5 Å². The summed E-state index contributed by atoms with van der Waals surface area (Å²) in [5, 5.41) is 17.8. The zero-order valence-electron chi connectivity index (χ0n) is 6.49. The first kappa shape index (κ1) is 9.22. The third kappa shape index (κ3) is 2.04. The van der Waals surface area contributed by atoms with Crippen LogP contribution in [0.15, 0.2) is 17.1 Å². The van der Waals surface area contributed by atoms with Crippen LogP contribution in [0.25, 0.3) is 0 Å². The molecule has 2 N–H and O–H groups in total. The Kier molecular flexibility index (Phi) is 2.62. The fourth-order valence-electron chi connectivity index (χ4n) is 0.854. The minimum atomic E-state index is -0.948. The van der Waals surface area contributed by atoms with Gasteiger partial charge in [0.25, 0.3) is 0 Å². The number of hydrogen-bond acceptors (Lipinski definition) is 4. The number of phenols is 2. The van der Waals surface area contributed by atoms with E-state index in [1.54, 1.807) is 0 Å². The maximum Gasteiger partial charge on any atom is 0.235 e. The maximum atomic E-state index is 12.7. The van der Waals surface area contributed by atoms with Gasteiger partial charge in [-0.1, -0.05) is 0 Å². The first-order valence-electron chi connectivity index (χ1n) is 3.39. The largest absolute Gasteiger partial charge is 0.504 e. The first-order chi connectivity index (χ1) is 6.15. The maximum absolute atomic E-state index is 12.7. The van der Waals surface area contributed by atoms with Crippen molar-refractivity contribution in [2.75, 3.05) is 0 Å². The van der Waals surface area contributed by atoms with Gasteiger partial charge in [0.15, 0.2) is 17.3 Å². The minimum absolute atomic E-state index is 0.0751. The Morgan fingerprint density at radius 3 is 2.69 bits per heavy atom. The average molecular weight is 183 g/mol. The molecule has 0 atom stereocenters. The van der Waals surface area contributed by atoms with Gasteiger partial charge in [-0.3, -0.25) is 0 Å². The molecule has 68 valence electrons. The predicted molar refractivity (Wildman–Crippen MR) is 41.6 cm³/mol. The van der Waals surface area contributed by atoms with Crippen LogP contribution >= 0.6 is 0 Å². The molecule has 0 saturated carbocycles. The van der Waals surface area contributed by atoms with Crippen LogP contribution < -0.4 is 0 Å². The van der Waals surface area contributed by atoms with Gasteiger partial charge in [0.2, 0.25) is 6.08 Å². The van der Waals surface area contributed by atoms with Gasteiger partial charge in [-0.25, -0.2) is 14.2 Å². The zero-order valence-corrected chi connectivity index (χ0v) is 6.49. The summed E-state index contributed by atoms with van der Waals surface area (Å²) in [6.45, 7) is -0.0751. The van der Waals surface area contributed by atoms with E-state index < -0.39 is 17.3 Å². The van der Waals surface area contributed by atoms with E-state index in [2.05, 4.69) is 4.99 Å². The van der Waals surface area contributed by atoms with Crippen molar-refractivity contribution in [2.24, 2.45) is 4.99 Å². The lowest BCUT2D eigenvalue weighted by Gasteiger charge is -2.01. The first-order valence-corrected chi connectivity index (χ1v) is 3.39. The minimum Gasteiger partial charge on any atom is -0.504 e. The van der Waals surface area contributed by atoms with Crippen molar-refractivity contribution in [3.63, 3.8) is 0 Å². The number of carbonyl (C=O) groups excluding carboxylic acids is 1. The van der Waals surface area contributed by atoms with Crippen molar-refractivity contribution < 1.29 is 19.4 Å². The van der Waals surface area contributed by atoms with Crippen LogP contribution in [0, 0.1) is 5.82 Å². The van der Waals surface area contributed by atoms with Crippen molar-refractivity contribution in [2.45, 2.75) is 6.54 Å². The fraction of sp³-hybridized carbons (Fsp3) is 0.125. The summed E-state index contributed by atoms with van der Waals surface area (Å²) in [5.74, 6) is -2.33. The van der Waals surface area contributed by atoms with Crippen LogP contribution in [0.5, 0.6) is 11.5 Å². The van der Waals surface area contributed by atoms with E-state index in [9.17, 15) is 9.18 Å². The molecule has 0 aliphatic heterocycles. The summed E-state index contributed by atoms with van der Waals surface area (Å²) in [6, 6.07) is 2.11. The Morgan fingerprint density at radius 1 is 1.46 bits per heavy atom. The number of hydrogen-bond donors (Lipinski definition) is 2.